The second-order valence-corrected chi connectivity index (χ2v) is 10.3. The maximum atomic E-state index is 12.5. The van der Waals surface area contributed by atoms with Gasteiger partial charge in [0.25, 0.3) is 5.22 Å². The second kappa shape index (κ2) is 7.84. The molecule has 1 saturated heterocycles. The van der Waals surface area contributed by atoms with Gasteiger partial charge in [-0.05, 0) is 56.9 Å². The van der Waals surface area contributed by atoms with Crippen molar-refractivity contribution in [3.8, 4) is 0 Å². The molecule has 28 heavy (non-hydrogen) atoms. The monoisotopic (exact) mass is 422 g/mol. The van der Waals surface area contributed by atoms with Gasteiger partial charge >= 0.3 is 0 Å². The first-order chi connectivity index (χ1) is 13.4. The SMILES string of the molecule is C[C@@H](Sc1nnc(C2CC2)o1)C(=O)Nc1ccc(S(=O)(=O)N2CCCC2)cc1. The molecule has 2 heterocycles. The molecule has 10 heteroatoms. The Bertz CT molecular complexity index is 948. The molecule has 0 spiro atoms. The van der Waals surface area contributed by atoms with Crippen LogP contribution < -0.4 is 5.32 Å². The normalized spacial score (nSPS) is 18.9. The fourth-order valence-electron chi connectivity index (χ4n) is 3.00. The smallest absolute Gasteiger partial charge is 0.277 e. The summed E-state index contributed by atoms with van der Waals surface area (Å²) in [5.41, 5.74) is 0.544. The third kappa shape index (κ3) is 4.23. The highest BCUT2D eigenvalue weighted by molar-refractivity contribution is 8.00. The van der Waals surface area contributed by atoms with Crippen LogP contribution in [0.25, 0.3) is 0 Å². The molecule has 4 rings (SSSR count). The van der Waals surface area contributed by atoms with Gasteiger partial charge in [-0.1, -0.05) is 11.8 Å². The van der Waals surface area contributed by atoms with Crippen LogP contribution in [0.4, 0.5) is 5.69 Å². The van der Waals surface area contributed by atoms with Crippen molar-refractivity contribution in [1.29, 1.82) is 0 Å². The lowest BCUT2D eigenvalue weighted by Gasteiger charge is -2.16. The summed E-state index contributed by atoms with van der Waals surface area (Å²) in [5.74, 6) is 0.803. The lowest BCUT2D eigenvalue weighted by molar-refractivity contribution is -0.115. The van der Waals surface area contributed by atoms with Gasteiger partial charge in [0.15, 0.2) is 0 Å². The van der Waals surface area contributed by atoms with Gasteiger partial charge in [-0.3, -0.25) is 4.79 Å². The van der Waals surface area contributed by atoms with E-state index in [1.165, 1.54) is 28.2 Å². The molecular weight excluding hydrogens is 400 g/mol. The molecule has 1 atom stereocenters. The first kappa shape index (κ1) is 19.4. The van der Waals surface area contributed by atoms with Gasteiger partial charge in [0.1, 0.15) is 0 Å². The first-order valence-corrected chi connectivity index (χ1v) is 11.7. The highest BCUT2D eigenvalue weighted by atomic mass is 32.2. The molecule has 1 aliphatic heterocycles. The van der Waals surface area contributed by atoms with E-state index in [-0.39, 0.29) is 10.8 Å². The molecule has 0 unspecified atom stereocenters. The van der Waals surface area contributed by atoms with E-state index in [1.54, 1.807) is 19.1 Å². The number of aromatic nitrogens is 2. The minimum atomic E-state index is -3.45. The third-order valence-electron chi connectivity index (χ3n) is 4.82. The summed E-state index contributed by atoms with van der Waals surface area (Å²) < 4.78 is 32.2. The van der Waals surface area contributed by atoms with Crippen LogP contribution in [-0.2, 0) is 14.8 Å². The molecule has 8 nitrogen and oxygen atoms in total. The summed E-state index contributed by atoms with van der Waals surface area (Å²) in [6.07, 6.45) is 3.94. The molecule has 1 amide bonds. The second-order valence-electron chi connectivity index (χ2n) is 7.07. The number of carbonyl (C=O) groups excluding carboxylic acids is 1. The lowest BCUT2D eigenvalue weighted by atomic mass is 10.3. The van der Waals surface area contributed by atoms with Crippen LogP contribution in [0.1, 0.15) is 44.4 Å². The van der Waals surface area contributed by atoms with Crippen LogP contribution in [-0.4, -0.2) is 47.2 Å². The number of sulfonamides is 1. The van der Waals surface area contributed by atoms with E-state index in [0.29, 0.717) is 35.8 Å². The highest BCUT2D eigenvalue weighted by Gasteiger charge is 2.30. The van der Waals surface area contributed by atoms with Crippen molar-refractivity contribution < 1.29 is 17.6 Å². The minimum Gasteiger partial charge on any atom is -0.416 e. The number of benzene rings is 1. The molecule has 1 saturated carbocycles. The molecule has 1 aromatic carbocycles. The van der Waals surface area contributed by atoms with E-state index in [9.17, 15) is 13.2 Å². The van der Waals surface area contributed by atoms with E-state index in [0.717, 1.165) is 25.7 Å². The zero-order valence-corrected chi connectivity index (χ0v) is 17.1. The molecule has 2 aromatic rings. The maximum Gasteiger partial charge on any atom is 0.277 e. The summed E-state index contributed by atoms with van der Waals surface area (Å²) in [6, 6.07) is 6.27. The van der Waals surface area contributed by atoms with Crippen LogP contribution in [0.5, 0.6) is 0 Å². The molecule has 0 radical (unpaired) electrons. The highest BCUT2D eigenvalue weighted by Crippen LogP contribution is 2.40. The van der Waals surface area contributed by atoms with Crippen molar-refractivity contribution in [3.05, 3.63) is 30.2 Å². The number of thioether (sulfide) groups is 1. The molecule has 2 fully saturated rings. The van der Waals surface area contributed by atoms with Gasteiger partial charge in [-0.15, -0.1) is 10.2 Å². The fourth-order valence-corrected chi connectivity index (χ4v) is 5.21. The average Bonchev–Trinajstić information content (AvgIpc) is 3.18. The summed E-state index contributed by atoms with van der Waals surface area (Å²) in [6.45, 7) is 2.88. The Balaban J connectivity index is 1.35. The van der Waals surface area contributed by atoms with Crippen LogP contribution >= 0.6 is 11.8 Å². The Morgan fingerprint density at radius 3 is 2.54 bits per heavy atom. The van der Waals surface area contributed by atoms with Crippen molar-refractivity contribution in [1.82, 2.24) is 14.5 Å². The van der Waals surface area contributed by atoms with Crippen LogP contribution in [0.2, 0.25) is 0 Å². The standard InChI is InChI=1S/C18H22N4O4S2/c1-12(27-18-21-20-17(26-18)13-4-5-13)16(23)19-14-6-8-15(9-7-14)28(24,25)22-10-2-3-11-22/h6-9,12-13H,2-5,10-11H2,1H3,(H,19,23)/t12-/m1/s1. The summed E-state index contributed by atoms with van der Waals surface area (Å²) in [4.78, 5) is 12.7. The summed E-state index contributed by atoms with van der Waals surface area (Å²) >= 11 is 1.21. The molecular formula is C18H22N4O4S2. The summed E-state index contributed by atoms with van der Waals surface area (Å²) in [7, 11) is -3.45. The number of nitrogens with one attached hydrogen (secondary N) is 1. The minimum absolute atomic E-state index is 0.216. The van der Waals surface area contributed by atoms with Crippen LogP contribution in [0.15, 0.2) is 38.8 Å². The Morgan fingerprint density at radius 2 is 1.89 bits per heavy atom. The van der Waals surface area contributed by atoms with Gasteiger partial charge in [0.2, 0.25) is 21.8 Å². The van der Waals surface area contributed by atoms with Gasteiger partial charge in [0, 0.05) is 24.7 Å². The molecule has 0 bridgehead atoms. The maximum absolute atomic E-state index is 12.5. The molecule has 150 valence electrons. The zero-order chi connectivity index (χ0) is 19.7. The average molecular weight is 423 g/mol. The van der Waals surface area contributed by atoms with E-state index < -0.39 is 15.3 Å². The number of amides is 1. The number of hydrogen-bond donors (Lipinski definition) is 1. The largest absolute Gasteiger partial charge is 0.416 e. The summed E-state index contributed by atoms with van der Waals surface area (Å²) in [5, 5.41) is 10.7. The Labute approximate surface area is 168 Å². The van der Waals surface area contributed by atoms with Crippen LogP contribution in [0.3, 0.4) is 0 Å². The van der Waals surface area contributed by atoms with Crippen molar-refractivity contribution in [2.45, 2.75) is 53.9 Å². The molecule has 2 aliphatic rings. The van der Waals surface area contributed by atoms with Crippen molar-refractivity contribution in [2.24, 2.45) is 0 Å². The predicted octanol–water partition coefficient (Wildman–Crippen LogP) is 2.85. The van der Waals surface area contributed by atoms with Gasteiger partial charge in [-0.2, -0.15) is 4.31 Å². The quantitative estimate of drug-likeness (QED) is 0.684. The van der Waals surface area contributed by atoms with Gasteiger partial charge < -0.3 is 9.73 Å². The van der Waals surface area contributed by atoms with Crippen molar-refractivity contribution >= 4 is 33.4 Å². The van der Waals surface area contributed by atoms with E-state index in [1.807, 2.05) is 0 Å². The fraction of sp³-hybridized carbons (Fsp3) is 0.500. The number of anilines is 1. The van der Waals surface area contributed by atoms with Crippen molar-refractivity contribution in [2.75, 3.05) is 18.4 Å². The van der Waals surface area contributed by atoms with E-state index in [2.05, 4.69) is 15.5 Å². The van der Waals surface area contributed by atoms with Gasteiger partial charge in [-0.25, -0.2) is 8.42 Å². The Hall–Kier alpha value is -1.91. The third-order valence-corrected chi connectivity index (χ3v) is 7.67. The number of nitrogens with zero attached hydrogens (tertiary/aromatic N) is 3. The number of hydrogen-bond acceptors (Lipinski definition) is 7. The van der Waals surface area contributed by atoms with E-state index in [4.69, 9.17) is 4.42 Å². The molecule has 1 N–H and O–H groups in total. The Morgan fingerprint density at radius 1 is 1.21 bits per heavy atom. The lowest BCUT2D eigenvalue weighted by Crippen LogP contribution is -2.27. The number of carbonyl (C=O) groups is 1. The molecule has 1 aliphatic carbocycles. The zero-order valence-electron chi connectivity index (χ0n) is 15.5. The van der Waals surface area contributed by atoms with Gasteiger partial charge in [0.05, 0.1) is 10.1 Å². The topological polar surface area (TPSA) is 105 Å². The van der Waals surface area contributed by atoms with E-state index >= 15 is 0 Å². The van der Waals surface area contributed by atoms with Crippen molar-refractivity contribution in [3.63, 3.8) is 0 Å². The first-order valence-electron chi connectivity index (χ1n) is 9.34. The number of rotatable bonds is 7. The molecule has 1 aromatic heterocycles. The predicted molar refractivity (Wildman–Crippen MR) is 105 cm³/mol. The van der Waals surface area contributed by atoms with Crippen LogP contribution in [0, 0.1) is 0 Å². The Kier molecular flexibility index (Phi) is 5.44.